The number of nitrogens with zero attached hydrogens (tertiary/aromatic N) is 2. The number of likely N-dealkylation sites (tertiary alicyclic amines) is 1. The summed E-state index contributed by atoms with van der Waals surface area (Å²) in [7, 11) is 1.62. The minimum Gasteiger partial charge on any atom is -0.497 e. The molecule has 1 aromatic heterocycles. The molecule has 3 aromatic carbocycles. The molecule has 38 heavy (non-hydrogen) atoms. The first-order valence-corrected chi connectivity index (χ1v) is 13.0. The molecule has 1 fully saturated rings. The van der Waals surface area contributed by atoms with Crippen molar-refractivity contribution in [3.63, 3.8) is 0 Å². The molecule has 4 aromatic rings. The minimum absolute atomic E-state index is 0.0528. The number of rotatable bonds is 7. The van der Waals surface area contributed by atoms with E-state index in [0.29, 0.717) is 25.2 Å². The number of halogens is 4. The summed E-state index contributed by atoms with van der Waals surface area (Å²) >= 11 is 5.94. The third kappa shape index (κ3) is 5.39. The van der Waals surface area contributed by atoms with Crippen LogP contribution < -0.4 is 4.74 Å². The molecule has 0 spiro atoms. The zero-order valence-corrected chi connectivity index (χ0v) is 21.7. The van der Waals surface area contributed by atoms with Gasteiger partial charge in [-0.25, -0.2) is 0 Å². The van der Waals surface area contributed by atoms with E-state index in [1.807, 2.05) is 59.6 Å². The highest BCUT2D eigenvalue weighted by atomic mass is 35.5. The van der Waals surface area contributed by atoms with Crippen molar-refractivity contribution in [3.05, 3.63) is 100 Å². The molecule has 4 nitrogen and oxygen atoms in total. The molecule has 1 atom stereocenters. The highest BCUT2D eigenvalue weighted by molar-refractivity contribution is 6.31. The third-order valence-corrected chi connectivity index (χ3v) is 7.57. The number of alkyl halides is 3. The number of benzene rings is 3. The Bertz CT molecular complexity index is 1440. The third-order valence-electron chi connectivity index (χ3n) is 7.24. The largest absolute Gasteiger partial charge is 0.497 e. The maximum Gasteiger partial charge on any atom is 0.417 e. The Hall–Kier alpha value is -3.45. The summed E-state index contributed by atoms with van der Waals surface area (Å²) in [5, 5.41) is 0.552. The standard InChI is InChI=1S/C30H28ClF3N2O2/c1-38-22-11-8-20(9-12-22)18-36-19-25(23-6-2-3-7-28(23)36)24(17-29(37)35-14-4-5-15-35)21-10-13-27(31)26(16-21)30(32,33)34/h2-3,6-13,16,19,24H,4-5,14-15,17-18H2,1H3/t24-/m1/s1. The second kappa shape index (κ2) is 10.7. The van der Waals surface area contributed by atoms with Gasteiger partial charge in [0.1, 0.15) is 5.75 Å². The van der Waals surface area contributed by atoms with E-state index in [1.165, 1.54) is 6.07 Å². The lowest BCUT2D eigenvalue weighted by Gasteiger charge is -2.22. The van der Waals surface area contributed by atoms with E-state index in [1.54, 1.807) is 13.2 Å². The smallest absolute Gasteiger partial charge is 0.417 e. The van der Waals surface area contributed by atoms with E-state index in [-0.39, 0.29) is 17.4 Å². The zero-order valence-electron chi connectivity index (χ0n) is 21.0. The number of hydrogen-bond acceptors (Lipinski definition) is 2. The van der Waals surface area contributed by atoms with Crippen molar-refractivity contribution in [1.29, 1.82) is 0 Å². The fourth-order valence-electron chi connectivity index (χ4n) is 5.27. The van der Waals surface area contributed by atoms with Crippen LogP contribution in [0.25, 0.3) is 10.9 Å². The van der Waals surface area contributed by atoms with Crippen LogP contribution in [0.1, 0.15) is 47.4 Å². The molecule has 0 bridgehead atoms. The first kappa shape index (κ1) is 26.2. The van der Waals surface area contributed by atoms with Crippen LogP contribution in [0.3, 0.4) is 0 Å². The maximum absolute atomic E-state index is 13.8. The highest BCUT2D eigenvalue weighted by Crippen LogP contribution is 2.40. The van der Waals surface area contributed by atoms with Crippen LogP contribution in [0.4, 0.5) is 13.2 Å². The van der Waals surface area contributed by atoms with Gasteiger partial charge in [-0.3, -0.25) is 4.79 Å². The van der Waals surface area contributed by atoms with Gasteiger partial charge in [0.15, 0.2) is 0 Å². The van der Waals surface area contributed by atoms with E-state index in [9.17, 15) is 18.0 Å². The Balaban J connectivity index is 1.60. The van der Waals surface area contributed by atoms with E-state index < -0.39 is 17.7 Å². The average Bonchev–Trinajstić information content (AvgIpc) is 3.57. The Morgan fingerprint density at radius 1 is 1.03 bits per heavy atom. The van der Waals surface area contributed by atoms with Crippen LogP contribution in [0, 0.1) is 0 Å². The Kier molecular flexibility index (Phi) is 7.39. The summed E-state index contributed by atoms with van der Waals surface area (Å²) < 4.78 is 48.7. The summed E-state index contributed by atoms with van der Waals surface area (Å²) in [6.07, 6.45) is -0.666. The molecule has 0 N–H and O–H groups in total. The van der Waals surface area contributed by atoms with Crippen LogP contribution in [0.15, 0.2) is 72.9 Å². The number of para-hydroxylation sites is 1. The molecular formula is C30H28ClF3N2O2. The van der Waals surface area contributed by atoms with E-state index in [2.05, 4.69) is 4.57 Å². The second-order valence-corrected chi connectivity index (χ2v) is 10.1. The van der Waals surface area contributed by atoms with Gasteiger partial charge in [0.2, 0.25) is 5.91 Å². The predicted octanol–water partition coefficient (Wildman–Crippen LogP) is 7.51. The molecule has 1 aliphatic heterocycles. The number of methoxy groups -OCH3 is 1. The zero-order chi connectivity index (χ0) is 26.9. The lowest BCUT2D eigenvalue weighted by Crippen LogP contribution is -2.29. The summed E-state index contributed by atoms with van der Waals surface area (Å²) in [5.74, 6) is 0.141. The normalized spacial score (nSPS) is 14.7. The molecule has 2 heterocycles. The Labute approximate surface area is 224 Å². The van der Waals surface area contributed by atoms with Gasteiger partial charge in [-0.05, 0) is 59.9 Å². The first-order chi connectivity index (χ1) is 18.2. The summed E-state index contributed by atoms with van der Waals surface area (Å²) in [6.45, 7) is 1.92. The molecule has 1 saturated heterocycles. The fourth-order valence-corrected chi connectivity index (χ4v) is 5.49. The molecule has 0 radical (unpaired) electrons. The molecular weight excluding hydrogens is 513 g/mol. The topological polar surface area (TPSA) is 34.5 Å². The van der Waals surface area contributed by atoms with Crippen molar-refractivity contribution in [2.45, 2.75) is 37.9 Å². The number of amides is 1. The van der Waals surface area contributed by atoms with Gasteiger partial charge in [-0.2, -0.15) is 13.2 Å². The SMILES string of the molecule is COc1ccc(Cn2cc([C@H](CC(=O)N3CCCC3)c3ccc(Cl)c(C(F)(F)F)c3)c3ccccc32)cc1. The maximum atomic E-state index is 13.8. The number of aromatic nitrogens is 1. The van der Waals surface area contributed by atoms with Crippen LogP contribution in [0.5, 0.6) is 5.75 Å². The van der Waals surface area contributed by atoms with E-state index in [4.69, 9.17) is 16.3 Å². The number of fused-ring (bicyclic) bond motifs is 1. The van der Waals surface area contributed by atoms with Crippen molar-refractivity contribution in [2.24, 2.45) is 0 Å². The van der Waals surface area contributed by atoms with Crippen LogP contribution in [-0.4, -0.2) is 35.6 Å². The summed E-state index contributed by atoms with van der Waals surface area (Å²) in [6, 6.07) is 19.5. The van der Waals surface area contributed by atoms with Gasteiger partial charge in [0.05, 0.1) is 17.7 Å². The lowest BCUT2D eigenvalue weighted by molar-refractivity contribution is -0.137. The van der Waals surface area contributed by atoms with E-state index in [0.717, 1.165) is 46.7 Å². The molecule has 0 saturated carbocycles. The van der Waals surface area contributed by atoms with Crippen LogP contribution in [0.2, 0.25) is 5.02 Å². The molecule has 5 rings (SSSR count). The predicted molar refractivity (Wildman–Crippen MR) is 143 cm³/mol. The number of carbonyl (C=O) groups excluding carboxylic acids is 1. The molecule has 1 aliphatic rings. The van der Waals surface area contributed by atoms with Gasteiger partial charge in [-0.1, -0.05) is 48.0 Å². The quantitative estimate of drug-likeness (QED) is 0.243. The Morgan fingerprint density at radius 2 is 1.74 bits per heavy atom. The molecule has 198 valence electrons. The van der Waals surface area contributed by atoms with Gasteiger partial charge in [0, 0.05) is 49.1 Å². The monoisotopic (exact) mass is 540 g/mol. The van der Waals surface area contributed by atoms with Crippen molar-refractivity contribution < 1.29 is 22.7 Å². The Morgan fingerprint density at radius 3 is 2.42 bits per heavy atom. The highest BCUT2D eigenvalue weighted by Gasteiger charge is 2.35. The summed E-state index contributed by atoms with van der Waals surface area (Å²) in [5.41, 5.74) is 2.34. The van der Waals surface area contributed by atoms with Gasteiger partial charge >= 0.3 is 6.18 Å². The van der Waals surface area contributed by atoms with Crippen molar-refractivity contribution in [1.82, 2.24) is 9.47 Å². The molecule has 8 heteroatoms. The van der Waals surface area contributed by atoms with Gasteiger partial charge < -0.3 is 14.2 Å². The number of hydrogen-bond donors (Lipinski definition) is 0. The van der Waals surface area contributed by atoms with Crippen LogP contribution in [-0.2, 0) is 17.5 Å². The molecule has 0 aliphatic carbocycles. The first-order valence-electron chi connectivity index (χ1n) is 12.6. The van der Waals surface area contributed by atoms with Crippen molar-refractivity contribution in [3.8, 4) is 5.75 Å². The molecule has 1 amide bonds. The van der Waals surface area contributed by atoms with E-state index >= 15 is 0 Å². The number of ether oxygens (including phenoxy) is 1. The minimum atomic E-state index is -4.60. The molecule has 0 unspecified atom stereocenters. The average molecular weight is 541 g/mol. The summed E-state index contributed by atoms with van der Waals surface area (Å²) in [4.78, 5) is 15.1. The number of carbonyl (C=O) groups is 1. The second-order valence-electron chi connectivity index (χ2n) is 9.66. The van der Waals surface area contributed by atoms with Crippen molar-refractivity contribution in [2.75, 3.05) is 20.2 Å². The van der Waals surface area contributed by atoms with Crippen LogP contribution >= 0.6 is 11.6 Å². The van der Waals surface area contributed by atoms with Crippen molar-refractivity contribution >= 4 is 28.4 Å². The fraction of sp³-hybridized carbons (Fsp3) is 0.300. The lowest BCUT2D eigenvalue weighted by atomic mass is 9.87. The van der Waals surface area contributed by atoms with Gasteiger partial charge in [-0.15, -0.1) is 0 Å². The van der Waals surface area contributed by atoms with Gasteiger partial charge in [0.25, 0.3) is 0 Å².